The average Bonchev–Trinajstić information content (AvgIpc) is 2.74. The van der Waals surface area contributed by atoms with Crippen molar-refractivity contribution in [1.82, 2.24) is 10.6 Å². The highest BCUT2D eigenvalue weighted by molar-refractivity contribution is 6.21. The van der Waals surface area contributed by atoms with Crippen LogP contribution < -0.4 is 25.8 Å². The Bertz CT molecular complexity index is 983. The lowest BCUT2D eigenvalue weighted by molar-refractivity contribution is -0.153. The minimum atomic E-state index is -1.94. The molecule has 0 radical (unpaired) electrons. The van der Waals surface area contributed by atoms with Gasteiger partial charge in [0.15, 0.2) is 0 Å². The molecule has 168 valence electrons. The third-order valence-corrected chi connectivity index (χ3v) is 4.64. The van der Waals surface area contributed by atoms with E-state index in [4.69, 9.17) is 19.9 Å². The molecule has 0 bridgehead atoms. The van der Waals surface area contributed by atoms with Crippen molar-refractivity contribution in [1.29, 1.82) is 0 Å². The van der Waals surface area contributed by atoms with E-state index < -0.39 is 29.4 Å². The fraction of sp³-hybridized carbons (Fsp3) is 0.273. The maximum absolute atomic E-state index is 12.5. The van der Waals surface area contributed by atoms with E-state index in [1.165, 1.54) is 12.1 Å². The smallest absolute Gasteiger partial charge is 0.328 e. The number of carbonyl (C=O) groups is 4. The summed E-state index contributed by atoms with van der Waals surface area (Å²) in [5.41, 5.74) is 4.01. The standard InChI is InChI=1S/C22H23N3O7/c1-2-30-12-11-22(19(27)24-21(29)25-20(22)28)32-17-9-7-16(8-10-17)31-15-5-3-14(4-6-15)13-18(23)26/h3-10H,2,11-13H2,1H3,(H2,23,26)(H2,24,25,27,28,29). The zero-order valence-corrected chi connectivity index (χ0v) is 17.4. The van der Waals surface area contributed by atoms with Gasteiger partial charge in [0.1, 0.15) is 17.2 Å². The molecule has 1 aliphatic heterocycles. The zero-order chi connectivity index (χ0) is 23.1. The first-order valence-corrected chi connectivity index (χ1v) is 9.91. The number of nitrogens with two attached hydrogens (primary N) is 1. The first kappa shape index (κ1) is 22.8. The summed E-state index contributed by atoms with van der Waals surface area (Å²) in [4.78, 5) is 47.5. The Morgan fingerprint density at radius 2 is 1.44 bits per heavy atom. The van der Waals surface area contributed by atoms with Crippen LogP contribution >= 0.6 is 0 Å². The van der Waals surface area contributed by atoms with E-state index in [9.17, 15) is 19.2 Å². The van der Waals surface area contributed by atoms with E-state index in [1.807, 2.05) is 0 Å². The fourth-order valence-electron chi connectivity index (χ4n) is 3.06. The van der Waals surface area contributed by atoms with Crippen LogP contribution in [0, 0.1) is 0 Å². The Morgan fingerprint density at radius 1 is 0.906 bits per heavy atom. The molecule has 0 unspecified atom stereocenters. The van der Waals surface area contributed by atoms with Gasteiger partial charge in [0.05, 0.1) is 13.0 Å². The number of ether oxygens (including phenoxy) is 3. The minimum Gasteiger partial charge on any atom is -0.467 e. The number of rotatable bonds is 10. The molecule has 2 aromatic carbocycles. The van der Waals surface area contributed by atoms with Gasteiger partial charge < -0.3 is 19.9 Å². The number of carbonyl (C=O) groups excluding carboxylic acids is 4. The van der Waals surface area contributed by atoms with Gasteiger partial charge in [-0.3, -0.25) is 25.0 Å². The monoisotopic (exact) mass is 441 g/mol. The molecule has 1 heterocycles. The van der Waals surface area contributed by atoms with Crippen LogP contribution in [-0.4, -0.2) is 42.6 Å². The highest BCUT2D eigenvalue weighted by atomic mass is 16.5. The molecule has 2 aromatic rings. The number of hydrogen-bond donors (Lipinski definition) is 3. The molecule has 3 rings (SSSR count). The number of imide groups is 2. The van der Waals surface area contributed by atoms with Gasteiger partial charge in [0, 0.05) is 13.0 Å². The van der Waals surface area contributed by atoms with Crippen molar-refractivity contribution in [3.8, 4) is 17.2 Å². The lowest BCUT2D eigenvalue weighted by atomic mass is 9.95. The van der Waals surface area contributed by atoms with Gasteiger partial charge in [-0.05, 0) is 48.9 Å². The predicted molar refractivity (Wildman–Crippen MR) is 112 cm³/mol. The average molecular weight is 441 g/mol. The van der Waals surface area contributed by atoms with E-state index in [1.54, 1.807) is 43.3 Å². The molecule has 10 heteroatoms. The SMILES string of the molecule is CCOCCC1(Oc2ccc(Oc3ccc(CC(N)=O)cc3)cc2)C(=O)NC(=O)NC1=O. The molecule has 0 atom stereocenters. The number of amides is 5. The summed E-state index contributed by atoms with van der Waals surface area (Å²) < 4.78 is 16.8. The third-order valence-electron chi connectivity index (χ3n) is 4.64. The van der Waals surface area contributed by atoms with Crippen LogP contribution in [0.2, 0.25) is 0 Å². The number of nitrogens with one attached hydrogen (secondary N) is 2. The lowest BCUT2D eigenvalue weighted by Crippen LogP contribution is -2.69. The van der Waals surface area contributed by atoms with Gasteiger partial charge >= 0.3 is 6.03 Å². The zero-order valence-electron chi connectivity index (χ0n) is 17.4. The molecule has 1 aliphatic rings. The van der Waals surface area contributed by atoms with Crippen LogP contribution in [0.4, 0.5) is 4.79 Å². The molecular formula is C22H23N3O7. The Balaban J connectivity index is 1.72. The number of hydrogen-bond acceptors (Lipinski definition) is 7. The molecule has 0 aromatic heterocycles. The van der Waals surface area contributed by atoms with Crippen molar-refractivity contribution < 1.29 is 33.4 Å². The number of urea groups is 1. The van der Waals surface area contributed by atoms with E-state index in [-0.39, 0.29) is 25.2 Å². The summed E-state index contributed by atoms with van der Waals surface area (Å²) in [6, 6.07) is 12.3. The first-order valence-electron chi connectivity index (χ1n) is 9.91. The van der Waals surface area contributed by atoms with E-state index >= 15 is 0 Å². The predicted octanol–water partition coefficient (Wildman–Crippen LogP) is 1.42. The second-order valence-electron chi connectivity index (χ2n) is 6.97. The molecular weight excluding hydrogens is 418 g/mol. The van der Waals surface area contributed by atoms with Gasteiger partial charge in [-0.25, -0.2) is 4.79 Å². The largest absolute Gasteiger partial charge is 0.467 e. The Hall–Kier alpha value is -3.92. The number of barbiturate groups is 1. The van der Waals surface area contributed by atoms with Crippen LogP contribution in [0.3, 0.4) is 0 Å². The molecule has 0 aliphatic carbocycles. The van der Waals surface area contributed by atoms with Crippen LogP contribution in [0.1, 0.15) is 18.9 Å². The summed E-state index contributed by atoms with van der Waals surface area (Å²) in [5.74, 6) is -0.881. The summed E-state index contributed by atoms with van der Waals surface area (Å²) in [5, 5.41) is 4.13. The molecule has 32 heavy (non-hydrogen) atoms. The maximum Gasteiger partial charge on any atom is 0.328 e. The summed E-state index contributed by atoms with van der Waals surface area (Å²) >= 11 is 0. The highest BCUT2D eigenvalue weighted by Gasteiger charge is 2.52. The van der Waals surface area contributed by atoms with E-state index in [0.717, 1.165) is 5.56 Å². The number of benzene rings is 2. The normalized spacial score (nSPS) is 15.0. The van der Waals surface area contributed by atoms with Crippen LogP contribution in [-0.2, 0) is 25.5 Å². The van der Waals surface area contributed by atoms with Crippen molar-refractivity contribution in [3.05, 3.63) is 54.1 Å². The van der Waals surface area contributed by atoms with Gasteiger partial charge in [-0.1, -0.05) is 12.1 Å². The van der Waals surface area contributed by atoms with Crippen molar-refractivity contribution >= 4 is 23.8 Å². The second kappa shape index (κ2) is 9.92. The van der Waals surface area contributed by atoms with Crippen LogP contribution in [0.15, 0.2) is 48.5 Å². The molecule has 1 fully saturated rings. The molecule has 5 amide bonds. The molecule has 4 N–H and O–H groups in total. The van der Waals surface area contributed by atoms with Crippen LogP contribution in [0.25, 0.3) is 0 Å². The maximum atomic E-state index is 12.5. The van der Waals surface area contributed by atoms with Crippen molar-refractivity contribution in [2.24, 2.45) is 5.73 Å². The van der Waals surface area contributed by atoms with Gasteiger partial charge in [-0.15, -0.1) is 0 Å². The van der Waals surface area contributed by atoms with Crippen molar-refractivity contribution in [3.63, 3.8) is 0 Å². The van der Waals surface area contributed by atoms with E-state index in [0.29, 0.717) is 18.1 Å². The Morgan fingerprint density at radius 3 is 1.97 bits per heavy atom. The van der Waals surface area contributed by atoms with E-state index in [2.05, 4.69) is 10.6 Å². The van der Waals surface area contributed by atoms with Gasteiger partial charge in [0.2, 0.25) is 5.91 Å². The first-order chi connectivity index (χ1) is 15.3. The van der Waals surface area contributed by atoms with Crippen LogP contribution in [0.5, 0.6) is 17.2 Å². The summed E-state index contributed by atoms with van der Waals surface area (Å²) in [7, 11) is 0. The van der Waals surface area contributed by atoms with Gasteiger partial charge in [-0.2, -0.15) is 0 Å². The molecule has 0 spiro atoms. The fourth-order valence-corrected chi connectivity index (χ4v) is 3.06. The topological polar surface area (TPSA) is 146 Å². The Labute approximate surface area is 184 Å². The molecule has 10 nitrogen and oxygen atoms in total. The molecule has 1 saturated heterocycles. The van der Waals surface area contributed by atoms with Crippen molar-refractivity contribution in [2.75, 3.05) is 13.2 Å². The molecule has 0 saturated carbocycles. The van der Waals surface area contributed by atoms with Gasteiger partial charge in [0.25, 0.3) is 17.4 Å². The highest BCUT2D eigenvalue weighted by Crippen LogP contribution is 2.28. The number of primary amides is 1. The second-order valence-corrected chi connectivity index (χ2v) is 6.97. The summed E-state index contributed by atoms with van der Waals surface area (Å²) in [6.45, 7) is 2.26. The summed E-state index contributed by atoms with van der Waals surface area (Å²) in [6.07, 6.45) is 0.0613. The minimum absolute atomic E-state index is 0.0817. The van der Waals surface area contributed by atoms with Crippen molar-refractivity contribution in [2.45, 2.75) is 25.4 Å². The lowest BCUT2D eigenvalue weighted by Gasteiger charge is -2.34. The quantitative estimate of drug-likeness (QED) is 0.373. The Kier molecular flexibility index (Phi) is 7.06. The third kappa shape index (κ3) is 5.41.